The van der Waals surface area contributed by atoms with E-state index >= 15 is 0 Å². The maximum Gasteiger partial charge on any atom is 0.208 e. The van der Waals surface area contributed by atoms with Gasteiger partial charge in [-0.1, -0.05) is 59.7 Å². The van der Waals surface area contributed by atoms with Gasteiger partial charge in [0.2, 0.25) is 5.79 Å². The van der Waals surface area contributed by atoms with Gasteiger partial charge in [-0.3, -0.25) is 0 Å². The molecule has 1 aliphatic heterocycles. The molecule has 8 nitrogen and oxygen atoms in total. The van der Waals surface area contributed by atoms with Gasteiger partial charge in [0.15, 0.2) is 32.8 Å². The molecule has 1 aliphatic rings. The Bertz CT molecular complexity index is 998. The molecule has 1 aromatic rings. The van der Waals surface area contributed by atoms with Crippen LogP contribution in [0.3, 0.4) is 0 Å². The molecule has 4 atom stereocenters. The molecule has 1 fully saturated rings. The van der Waals surface area contributed by atoms with E-state index in [4.69, 9.17) is 23.1 Å². The molecule has 2 rings (SSSR count). The third-order valence-corrected chi connectivity index (χ3v) is 18.8. The Morgan fingerprint density at radius 3 is 1.81 bits per heavy atom. The second kappa shape index (κ2) is 11.1. The molecule has 1 aromatic carbocycles. The molecular formula is C26H48O8SSi2. The molecule has 11 heteroatoms. The second-order valence-corrected chi connectivity index (χ2v) is 24.5. The smallest absolute Gasteiger partial charge is 0.208 e. The first-order valence-corrected chi connectivity index (χ1v) is 20.2. The van der Waals surface area contributed by atoms with Crippen molar-refractivity contribution in [2.24, 2.45) is 0 Å². The van der Waals surface area contributed by atoms with E-state index in [1.807, 2.05) is 0 Å². The third-order valence-electron chi connectivity index (χ3n) is 8.10. The zero-order chi connectivity index (χ0) is 28.7. The highest BCUT2D eigenvalue weighted by molar-refractivity contribution is 7.91. The first-order valence-electron chi connectivity index (χ1n) is 12.7. The minimum Gasteiger partial charge on any atom is -0.408 e. The van der Waals surface area contributed by atoms with Gasteiger partial charge in [0.1, 0.15) is 24.1 Å². The number of methoxy groups -OCH3 is 2. The molecule has 1 unspecified atom stereocenters. The van der Waals surface area contributed by atoms with Crippen molar-refractivity contribution in [3.05, 3.63) is 30.3 Å². The van der Waals surface area contributed by atoms with Crippen LogP contribution >= 0.6 is 0 Å². The Hall–Kier alpha value is -0.636. The average molecular weight is 577 g/mol. The molecule has 1 N–H and O–H groups in total. The highest BCUT2D eigenvalue weighted by Crippen LogP contribution is 2.47. The summed E-state index contributed by atoms with van der Waals surface area (Å²) in [4.78, 5) is 0.0958. The first kappa shape index (κ1) is 32.6. The van der Waals surface area contributed by atoms with Crippen molar-refractivity contribution in [3.63, 3.8) is 0 Å². The number of benzene rings is 1. The quantitative estimate of drug-likeness (QED) is 0.309. The van der Waals surface area contributed by atoms with Gasteiger partial charge < -0.3 is 28.2 Å². The van der Waals surface area contributed by atoms with Crippen molar-refractivity contribution in [1.29, 1.82) is 0 Å². The van der Waals surface area contributed by atoms with Crippen LogP contribution in [0.5, 0.6) is 0 Å². The van der Waals surface area contributed by atoms with Gasteiger partial charge in [-0.15, -0.1) is 0 Å². The van der Waals surface area contributed by atoms with Crippen molar-refractivity contribution in [2.45, 2.75) is 113 Å². The monoisotopic (exact) mass is 576 g/mol. The number of aliphatic hydroxyl groups is 1. The molecule has 0 bridgehead atoms. The van der Waals surface area contributed by atoms with E-state index in [9.17, 15) is 13.5 Å². The molecule has 0 radical (unpaired) electrons. The predicted octanol–water partition coefficient (Wildman–Crippen LogP) is 4.95. The van der Waals surface area contributed by atoms with Crippen LogP contribution in [0.15, 0.2) is 35.2 Å². The predicted molar refractivity (Wildman–Crippen MR) is 150 cm³/mol. The molecule has 0 spiro atoms. The van der Waals surface area contributed by atoms with E-state index in [2.05, 4.69) is 67.7 Å². The van der Waals surface area contributed by atoms with E-state index in [1.165, 1.54) is 26.4 Å². The van der Waals surface area contributed by atoms with E-state index in [-0.39, 0.29) is 15.0 Å². The summed E-state index contributed by atoms with van der Waals surface area (Å²) in [6, 6.07) is 8.04. The van der Waals surface area contributed by atoms with Crippen molar-refractivity contribution >= 4 is 26.5 Å². The molecule has 37 heavy (non-hydrogen) atoms. The minimum atomic E-state index is -3.95. The standard InChI is InChI=1S/C26H48O8SSi2/c1-24(2,3)36(9,10)33-20-21(23(30-7)31-8)32-26(27,22(20)34-37(11,12)25(4,5)6)18-35(28,29)19-16-14-13-15-17-19/h13-17,20-23,27H,18H2,1-12H3/t20-,21+,22+,26?/m0/s1. The molecule has 1 saturated heterocycles. The van der Waals surface area contributed by atoms with Crippen molar-refractivity contribution in [2.75, 3.05) is 20.0 Å². The summed E-state index contributed by atoms with van der Waals surface area (Å²) >= 11 is 0. The summed E-state index contributed by atoms with van der Waals surface area (Å²) in [5, 5.41) is 11.7. The van der Waals surface area contributed by atoms with Gasteiger partial charge in [0.05, 0.1) is 4.90 Å². The molecule has 1 heterocycles. The summed E-state index contributed by atoms with van der Waals surface area (Å²) in [7, 11) is -5.99. The number of hydrogen-bond donors (Lipinski definition) is 1. The second-order valence-electron chi connectivity index (χ2n) is 13.0. The van der Waals surface area contributed by atoms with Gasteiger partial charge in [-0.25, -0.2) is 8.42 Å². The Morgan fingerprint density at radius 1 is 0.919 bits per heavy atom. The fourth-order valence-corrected chi connectivity index (χ4v) is 7.89. The van der Waals surface area contributed by atoms with Gasteiger partial charge in [-0.2, -0.15) is 0 Å². The van der Waals surface area contributed by atoms with E-state index in [0.29, 0.717) is 0 Å². The van der Waals surface area contributed by atoms with Gasteiger partial charge in [0.25, 0.3) is 0 Å². The van der Waals surface area contributed by atoms with Crippen LogP contribution in [0.1, 0.15) is 41.5 Å². The number of hydrogen-bond acceptors (Lipinski definition) is 8. The highest BCUT2D eigenvalue weighted by atomic mass is 32.2. The summed E-state index contributed by atoms with van der Waals surface area (Å²) < 4.78 is 57.9. The SMILES string of the molecule is COC(OC)[C@@H]1OC(O)(CS(=O)(=O)c2ccccc2)[C@H](O[Si](C)(C)C(C)(C)C)[C@H]1O[Si](C)(C)C(C)(C)C. The van der Waals surface area contributed by atoms with E-state index in [0.717, 1.165) is 0 Å². The van der Waals surface area contributed by atoms with Crippen LogP contribution in [0.2, 0.25) is 36.3 Å². The maximum absolute atomic E-state index is 13.5. The fraction of sp³-hybridized carbons (Fsp3) is 0.769. The zero-order valence-corrected chi connectivity index (χ0v) is 27.4. The lowest BCUT2D eigenvalue weighted by atomic mass is 10.1. The molecule has 0 amide bonds. The van der Waals surface area contributed by atoms with Crippen LogP contribution in [-0.2, 0) is 32.9 Å². The van der Waals surface area contributed by atoms with Crippen LogP contribution in [0.25, 0.3) is 0 Å². The summed E-state index contributed by atoms with van der Waals surface area (Å²) in [5.74, 6) is -2.89. The average Bonchev–Trinajstić information content (AvgIpc) is 2.98. The first-order chi connectivity index (χ1) is 16.6. The van der Waals surface area contributed by atoms with Crippen LogP contribution < -0.4 is 0 Å². The maximum atomic E-state index is 13.5. The van der Waals surface area contributed by atoms with E-state index < -0.39 is 62.6 Å². The summed E-state index contributed by atoms with van der Waals surface area (Å²) in [6.07, 6.45) is -3.74. The van der Waals surface area contributed by atoms with Gasteiger partial charge >= 0.3 is 0 Å². The van der Waals surface area contributed by atoms with Crippen molar-refractivity contribution < 1.29 is 36.6 Å². The van der Waals surface area contributed by atoms with Gasteiger partial charge in [-0.05, 0) is 48.4 Å². The molecule has 0 aromatic heterocycles. The van der Waals surface area contributed by atoms with E-state index in [1.54, 1.807) is 18.2 Å². The van der Waals surface area contributed by atoms with Gasteiger partial charge in [0, 0.05) is 14.2 Å². The lowest BCUT2D eigenvalue weighted by molar-refractivity contribution is -0.251. The van der Waals surface area contributed by atoms with Crippen molar-refractivity contribution in [1.82, 2.24) is 0 Å². The van der Waals surface area contributed by atoms with Crippen molar-refractivity contribution in [3.8, 4) is 0 Å². The third kappa shape index (κ3) is 7.12. The Morgan fingerprint density at radius 2 is 1.38 bits per heavy atom. The minimum absolute atomic E-state index is 0.0958. The molecule has 0 saturated carbocycles. The summed E-state index contributed by atoms with van der Waals surface area (Å²) in [5.41, 5.74) is 0. The molecular weight excluding hydrogens is 529 g/mol. The Balaban J connectivity index is 2.69. The van der Waals surface area contributed by atoms with Crippen LogP contribution in [0, 0.1) is 0 Å². The fourth-order valence-electron chi connectivity index (χ4n) is 3.77. The lowest BCUT2D eigenvalue weighted by Gasteiger charge is -2.45. The molecule has 214 valence electrons. The number of sulfone groups is 1. The topological polar surface area (TPSA) is 101 Å². The zero-order valence-electron chi connectivity index (χ0n) is 24.6. The Kier molecular flexibility index (Phi) is 9.76. The number of rotatable bonds is 10. The largest absolute Gasteiger partial charge is 0.408 e. The highest BCUT2D eigenvalue weighted by Gasteiger charge is 2.63. The summed E-state index contributed by atoms with van der Waals surface area (Å²) in [6.45, 7) is 20.9. The normalized spacial score (nSPS) is 26.2. The van der Waals surface area contributed by atoms with Crippen LogP contribution in [0.4, 0.5) is 0 Å². The lowest BCUT2D eigenvalue weighted by Crippen LogP contribution is -2.59. The van der Waals surface area contributed by atoms with Crippen LogP contribution in [-0.4, -0.2) is 80.5 Å². The molecule has 0 aliphatic carbocycles. The Labute approximate surface area is 226 Å². The number of ether oxygens (including phenoxy) is 3.